The van der Waals surface area contributed by atoms with E-state index in [0.717, 1.165) is 36.0 Å². The lowest BCUT2D eigenvalue weighted by Crippen LogP contribution is -2.24. The van der Waals surface area contributed by atoms with Gasteiger partial charge in [0.05, 0.1) is 16.9 Å². The molecule has 1 saturated carbocycles. The van der Waals surface area contributed by atoms with Crippen molar-refractivity contribution in [3.05, 3.63) is 23.1 Å². The van der Waals surface area contributed by atoms with E-state index < -0.39 is 0 Å². The Labute approximate surface area is 127 Å². The van der Waals surface area contributed by atoms with Crippen molar-refractivity contribution in [3.8, 4) is 0 Å². The van der Waals surface area contributed by atoms with E-state index in [2.05, 4.69) is 19.4 Å². The number of hydrogen-bond acceptors (Lipinski definition) is 3. The Morgan fingerprint density at radius 1 is 1.25 bits per heavy atom. The number of alkyl halides is 1. The third-order valence-corrected chi connectivity index (χ3v) is 4.76. The van der Waals surface area contributed by atoms with Crippen molar-refractivity contribution < 1.29 is 0 Å². The standard InChI is InChI=1S/C14H16Cl2N4/c15-6-13-18-12-5-9(16)7-17-14(12)20(13)11-3-4-19(8-11)10-1-2-10/h5,7,10-11H,1-4,6,8H2. The lowest BCUT2D eigenvalue weighted by molar-refractivity contribution is 0.314. The highest BCUT2D eigenvalue weighted by atomic mass is 35.5. The number of aromatic nitrogens is 3. The molecule has 2 aromatic heterocycles. The molecule has 1 aliphatic carbocycles. The largest absolute Gasteiger partial charge is 0.307 e. The van der Waals surface area contributed by atoms with Crippen LogP contribution in [0, 0.1) is 0 Å². The van der Waals surface area contributed by atoms with Gasteiger partial charge < -0.3 is 4.57 Å². The smallest absolute Gasteiger partial charge is 0.160 e. The summed E-state index contributed by atoms with van der Waals surface area (Å²) in [5.74, 6) is 1.31. The second kappa shape index (κ2) is 4.86. The number of pyridine rings is 1. The van der Waals surface area contributed by atoms with Gasteiger partial charge >= 0.3 is 0 Å². The minimum Gasteiger partial charge on any atom is -0.307 e. The summed E-state index contributed by atoms with van der Waals surface area (Å²) >= 11 is 12.1. The summed E-state index contributed by atoms with van der Waals surface area (Å²) in [6.45, 7) is 2.26. The average Bonchev–Trinajstić information content (AvgIpc) is 3.07. The molecule has 4 rings (SSSR count). The van der Waals surface area contributed by atoms with Crippen molar-refractivity contribution in [1.29, 1.82) is 0 Å². The molecule has 0 radical (unpaired) electrons. The maximum atomic E-state index is 6.08. The average molecular weight is 311 g/mol. The first kappa shape index (κ1) is 12.9. The molecule has 0 aromatic carbocycles. The number of fused-ring (bicyclic) bond motifs is 1. The van der Waals surface area contributed by atoms with Crippen molar-refractivity contribution in [3.63, 3.8) is 0 Å². The predicted molar refractivity (Wildman–Crippen MR) is 80.3 cm³/mol. The van der Waals surface area contributed by atoms with Crippen LogP contribution < -0.4 is 0 Å². The number of rotatable bonds is 3. The first-order chi connectivity index (χ1) is 9.76. The molecule has 106 valence electrons. The van der Waals surface area contributed by atoms with E-state index in [1.807, 2.05) is 6.07 Å². The number of likely N-dealkylation sites (tertiary alicyclic amines) is 1. The van der Waals surface area contributed by atoms with Gasteiger partial charge in [0.25, 0.3) is 0 Å². The number of halogens is 2. The molecule has 0 N–H and O–H groups in total. The maximum Gasteiger partial charge on any atom is 0.160 e. The summed E-state index contributed by atoms with van der Waals surface area (Å²) in [5, 5.41) is 0.620. The molecule has 2 aliphatic rings. The van der Waals surface area contributed by atoms with E-state index in [4.69, 9.17) is 23.2 Å². The highest BCUT2D eigenvalue weighted by Crippen LogP contribution is 2.35. The summed E-state index contributed by atoms with van der Waals surface area (Å²) in [5.41, 5.74) is 1.76. The van der Waals surface area contributed by atoms with Crippen LogP contribution in [0.15, 0.2) is 12.3 Å². The highest BCUT2D eigenvalue weighted by molar-refractivity contribution is 6.31. The SMILES string of the molecule is ClCc1nc2cc(Cl)cnc2n1C1CCN(C2CC2)C1. The fourth-order valence-electron chi connectivity index (χ4n) is 3.23. The Morgan fingerprint density at radius 3 is 2.85 bits per heavy atom. The Hall–Kier alpha value is -0.840. The van der Waals surface area contributed by atoms with Gasteiger partial charge in [-0.1, -0.05) is 11.6 Å². The summed E-state index contributed by atoms with van der Waals surface area (Å²) < 4.78 is 2.22. The molecule has 2 fully saturated rings. The van der Waals surface area contributed by atoms with Crippen LogP contribution >= 0.6 is 23.2 Å². The van der Waals surface area contributed by atoms with Gasteiger partial charge in [0.1, 0.15) is 11.3 Å². The van der Waals surface area contributed by atoms with Crippen LogP contribution in [0.1, 0.15) is 31.1 Å². The van der Waals surface area contributed by atoms with E-state index in [1.165, 1.54) is 19.4 Å². The van der Waals surface area contributed by atoms with E-state index in [-0.39, 0.29) is 0 Å². The molecular weight excluding hydrogens is 295 g/mol. The van der Waals surface area contributed by atoms with Crippen LogP contribution in [-0.2, 0) is 5.88 Å². The molecule has 1 unspecified atom stereocenters. The first-order valence-corrected chi connectivity index (χ1v) is 8.00. The minimum atomic E-state index is 0.411. The number of hydrogen-bond donors (Lipinski definition) is 0. The summed E-state index contributed by atoms with van der Waals surface area (Å²) in [4.78, 5) is 11.6. The van der Waals surface area contributed by atoms with Gasteiger partial charge in [-0.3, -0.25) is 4.90 Å². The van der Waals surface area contributed by atoms with Crippen molar-refractivity contribution in [2.45, 2.75) is 37.2 Å². The zero-order chi connectivity index (χ0) is 13.7. The van der Waals surface area contributed by atoms with Gasteiger partial charge in [0.15, 0.2) is 5.65 Å². The summed E-state index contributed by atoms with van der Waals surface area (Å²) in [7, 11) is 0. The van der Waals surface area contributed by atoms with Crippen molar-refractivity contribution in [1.82, 2.24) is 19.4 Å². The molecule has 4 nitrogen and oxygen atoms in total. The Balaban J connectivity index is 1.74. The second-order valence-electron chi connectivity index (χ2n) is 5.70. The molecular formula is C14H16Cl2N4. The van der Waals surface area contributed by atoms with E-state index in [0.29, 0.717) is 16.9 Å². The Kier molecular flexibility index (Phi) is 3.13. The normalized spacial score (nSPS) is 23.8. The zero-order valence-electron chi connectivity index (χ0n) is 11.1. The fraction of sp³-hybridized carbons (Fsp3) is 0.571. The van der Waals surface area contributed by atoms with Crippen molar-refractivity contribution in [2.24, 2.45) is 0 Å². The van der Waals surface area contributed by atoms with Gasteiger partial charge in [0, 0.05) is 25.3 Å². The van der Waals surface area contributed by atoms with Crippen molar-refractivity contribution >= 4 is 34.4 Å². The maximum absolute atomic E-state index is 6.08. The summed E-state index contributed by atoms with van der Waals surface area (Å²) in [6, 6.07) is 3.11. The Morgan fingerprint density at radius 2 is 2.10 bits per heavy atom. The molecule has 1 saturated heterocycles. The van der Waals surface area contributed by atoms with E-state index in [9.17, 15) is 0 Å². The first-order valence-electron chi connectivity index (χ1n) is 7.08. The van der Waals surface area contributed by atoms with Gasteiger partial charge in [-0.2, -0.15) is 0 Å². The fourth-order valence-corrected chi connectivity index (χ4v) is 3.57. The van der Waals surface area contributed by atoms with Crippen molar-refractivity contribution in [2.75, 3.05) is 13.1 Å². The van der Waals surface area contributed by atoms with Crippen LogP contribution in [0.4, 0.5) is 0 Å². The van der Waals surface area contributed by atoms with Gasteiger partial charge in [-0.25, -0.2) is 9.97 Å². The lowest BCUT2D eigenvalue weighted by atomic mass is 10.2. The highest BCUT2D eigenvalue weighted by Gasteiger charge is 2.36. The second-order valence-corrected chi connectivity index (χ2v) is 6.40. The molecule has 1 aliphatic heterocycles. The number of nitrogens with zero attached hydrogens (tertiary/aromatic N) is 4. The molecule has 2 aromatic rings. The quantitative estimate of drug-likeness (QED) is 0.816. The third-order valence-electron chi connectivity index (χ3n) is 4.31. The van der Waals surface area contributed by atoms with Crippen LogP contribution in [0.5, 0.6) is 0 Å². The summed E-state index contributed by atoms with van der Waals surface area (Å²) in [6.07, 6.45) is 5.55. The number of imidazole rings is 1. The van der Waals surface area contributed by atoms with Crippen LogP contribution in [0.25, 0.3) is 11.2 Å². The van der Waals surface area contributed by atoms with Gasteiger partial charge in [0.2, 0.25) is 0 Å². The molecule has 3 heterocycles. The molecule has 1 atom stereocenters. The van der Waals surface area contributed by atoms with E-state index in [1.54, 1.807) is 6.20 Å². The molecule has 0 amide bonds. The minimum absolute atomic E-state index is 0.411. The molecule has 6 heteroatoms. The lowest BCUT2D eigenvalue weighted by Gasteiger charge is -2.17. The third kappa shape index (κ3) is 2.10. The molecule has 0 bridgehead atoms. The van der Waals surface area contributed by atoms with Crippen LogP contribution in [-0.4, -0.2) is 38.6 Å². The van der Waals surface area contributed by atoms with E-state index >= 15 is 0 Å². The van der Waals surface area contributed by atoms with Crippen LogP contribution in [0.3, 0.4) is 0 Å². The molecule has 20 heavy (non-hydrogen) atoms. The predicted octanol–water partition coefficient (Wildman–Crippen LogP) is 3.23. The topological polar surface area (TPSA) is 34.0 Å². The van der Waals surface area contributed by atoms with Gasteiger partial charge in [-0.05, 0) is 25.3 Å². The van der Waals surface area contributed by atoms with Gasteiger partial charge in [-0.15, -0.1) is 11.6 Å². The van der Waals surface area contributed by atoms with Crippen LogP contribution in [0.2, 0.25) is 5.02 Å². The molecule has 0 spiro atoms. The zero-order valence-corrected chi connectivity index (χ0v) is 12.6. The monoisotopic (exact) mass is 310 g/mol. The Bertz CT molecular complexity index is 650.